The van der Waals surface area contributed by atoms with Gasteiger partial charge in [0.05, 0.1) is 12.1 Å². The first kappa shape index (κ1) is 12.7. The lowest BCUT2D eigenvalue weighted by Gasteiger charge is -2.38. The second kappa shape index (κ2) is 5.36. The molecule has 3 saturated heterocycles. The van der Waals surface area contributed by atoms with Crippen molar-refractivity contribution in [2.75, 3.05) is 32.7 Å². The summed E-state index contributed by atoms with van der Waals surface area (Å²) in [6.07, 6.45) is 4.46. The molecule has 106 valence electrons. The maximum atomic E-state index is 12.5. The van der Waals surface area contributed by atoms with Gasteiger partial charge in [-0.3, -0.25) is 4.79 Å². The van der Waals surface area contributed by atoms with Crippen LogP contribution in [-0.2, 0) is 4.79 Å². The molecule has 0 aromatic heterocycles. The molecule has 2 unspecified atom stereocenters. The minimum absolute atomic E-state index is 0.0147. The van der Waals surface area contributed by atoms with E-state index >= 15 is 0 Å². The fourth-order valence-corrected chi connectivity index (χ4v) is 3.26. The highest BCUT2D eigenvalue weighted by Crippen LogP contribution is 2.17. The summed E-state index contributed by atoms with van der Waals surface area (Å²) in [6, 6.07) is 0.166. The van der Waals surface area contributed by atoms with E-state index in [1.54, 1.807) is 0 Å². The molecule has 0 aromatic rings. The second-order valence-electron chi connectivity index (χ2n) is 5.67. The summed E-state index contributed by atoms with van der Waals surface area (Å²) in [7, 11) is 0. The van der Waals surface area contributed by atoms with Crippen LogP contribution in [0, 0.1) is 0 Å². The largest absolute Gasteiger partial charge is 0.337 e. The van der Waals surface area contributed by atoms with E-state index in [0.717, 1.165) is 19.4 Å². The van der Waals surface area contributed by atoms with Gasteiger partial charge in [-0.25, -0.2) is 4.79 Å². The molecule has 0 aliphatic carbocycles. The van der Waals surface area contributed by atoms with Gasteiger partial charge in [0.15, 0.2) is 0 Å². The normalized spacial score (nSPS) is 31.7. The maximum Gasteiger partial charge on any atom is 0.317 e. The van der Waals surface area contributed by atoms with Gasteiger partial charge in [0, 0.05) is 26.2 Å². The van der Waals surface area contributed by atoms with E-state index in [2.05, 4.69) is 10.6 Å². The molecule has 2 atom stereocenters. The lowest BCUT2D eigenvalue weighted by Crippen LogP contribution is -2.57. The molecule has 6 heteroatoms. The fourth-order valence-electron chi connectivity index (χ4n) is 3.26. The van der Waals surface area contributed by atoms with E-state index in [0.29, 0.717) is 26.2 Å². The third-order valence-electron chi connectivity index (χ3n) is 4.40. The van der Waals surface area contributed by atoms with E-state index in [9.17, 15) is 9.59 Å². The molecule has 3 fully saturated rings. The SMILES string of the molecule is O=C(C1CCCCCN1)N1CCN2C(=O)NCC2C1. The predicted molar refractivity (Wildman–Crippen MR) is 70.7 cm³/mol. The minimum Gasteiger partial charge on any atom is -0.337 e. The molecule has 2 N–H and O–H groups in total. The number of nitrogens with zero attached hydrogens (tertiary/aromatic N) is 2. The van der Waals surface area contributed by atoms with Crippen molar-refractivity contribution in [1.29, 1.82) is 0 Å². The Morgan fingerprint density at radius 2 is 2.11 bits per heavy atom. The van der Waals surface area contributed by atoms with Gasteiger partial charge in [0.25, 0.3) is 0 Å². The third kappa shape index (κ3) is 2.54. The second-order valence-corrected chi connectivity index (χ2v) is 5.67. The molecule has 19 heavy (non-hydrogen) atoms. The lowest BCUT2D eigenvalue weighted by molar-refractivity contribution is -0.135. The standard InChI is InChI=1S/C13H22N4O2/c18-12(11-4-2-1-3-5-14-11)16-6-7-17-10(9-16)8-15-13(17)19/h10-11,14H,1-9H2,(H,15,19). The number of hydrogen-bond acceptors (Lipinski definition) is 3. The van der Waals surface area contributed by atoms with Crippen molar-refractivity contribution >= 4 is 11.9 Å². The van der Waals surface area contributed by atoms with Gasteiger partial charge in [0.2, 0.25) is 5.91 Å². The Morgan fingerprint density at radius 1 is 1.21 bits per heavy atom. The monoisotopic (exact) mass is 266 g/mol. The zero-order chi connectivity index (χ0) is 13.2. The van der Waals surface area contributed by atoms with Crippen LogP contribution in [0.15, 0.2) is 0 Å². The number of urea groups is 1. The zero-order valence-electron chi connectivity index (χ0n) is 11.2. The smallest absolute Gasteiger partial charge is 0.317 e. The van der Waals surface area contributed by atoms with Gasteiger partial charge in [-0.1, -0.05) is 12.8 Å². The Morgan fingerprint density at radius 3 is 3.00 bits per heavy atom. The number of nitrogens with one attached hydrogen (secondary N) is 2. The van der Waals surface area contributed by atoms with Crippen LogP contribution in [0.2, 0.25) is 0 Å². The van der Waals surface area contributed by atoms with Crippen LogP contribution >= 0.6 is 0 Å². The molecule has 3 amide bonds. The Kier molecular flexibility index (Phi) is 3.59. The maximum absolute atomic E-state index is 12.5. The van der Waals surface area contributed by atoms with Gasteiger partial charge in [0.1, 0.15) is 0 Å². The number of carbonyl (C=O) groups is 2. The van der Waals surface area contributed by atoms with Gasteiger partial charge in [-0.15, -0.1) is 0 Å². The van der Waals surface area contributed by atoms with Crippen LogP contribution < -0.4 is 10.6 Å². The summed E-state index contributed by atoms with van der Waals surface area (Å²) < 4.78 is 0. The number of fused-ring (bicyclic) bond motifs is 1. The van der Waals surface area contributed by atoms with Crippen molar-refractivity contribution in [3.05, 3.63) is 0 Å². The lowest BCUT2D eigenvalue weighted by atomic mass is 10.1. The Bertz CT molecular complexity index is 366. The minimum atomic E-state index is -0.0147. The van der Waals surface area contributed by atoms with Crippen LogP contribution in [0.25, 0.3) is 0 Å². The Balaban J connectivity index is 1.60. The third-order valence-corrected chi connectivity index (χ3v) is 4.40. The van der Waals surface area contributed by atoms with Crippen molar-refractivity contribution in [2.24, 2.45) is 0 Å². The zero-order valence-corrected chi connectivity index (χ0v) is 11.2. The quantitative estimate of drug-likeness (QED) is 0.688. The molecule has 3 rings (SSSR count). The number of piperazine rings is 1. The number of amides is 3. The van der Waals surface area contributed by atoms with Crippen LogP contribution in [0.1, 0.15) is 25.7 Å². The Labute approximate surface area is 113 Å². The van der Waals surface area contributed by atoms with Crippen molar-refractivity contribution in [3.8, 4) is 0 Å². The number of hydrogen-bond donors (Lipinski definition) is 2. The highest BCUT2D eigenvalue weighted by atomic mass is 16.2. The first-order chi connectivity index (χ1) is 9.25. The molecular formula is C13H22N4O2. The van der Waals surface area contributed by atoms with Gasteiger partial charge in [-0.05, 0) is 19.4 Å². The summed E-state index contributed by atoms with van der Waals surface area (Å²) in [6.45, 7) is 3.62. The summed E-state index contributed by atoms with van der Waals surface area (Å²) in [4.78, 5) is 27.8. The summed E-state index contributed by atoms with van der Waals surface area (Å²) >= 11 is 0. The topological polar surface area (TPSA) is 64.7 Å². The summed E-state index contributed by atoms with van der Waals surface area (Å²) in [5.74, 6) is 0.223. The first-order valence-electron chi connectivity index (χ1n) is 7.32. The van der Waals surface area contributed by atoms with Crippen LogP contribution in [0.4, 0.5) is 4.79 Å². The Hall–Kier alpha value is -1.30. The molecule has 3 aliphatic heterocycles. The van der Waals surface area contributed by atoms with E-state index in [1.165, 1.54) is 12.8 Å². The van der Waals surface area contributed by atoms with Crippen molar-refractivity contribution in [3.63, 3.8) is 0 Å². The van der Waals surface area contributed by atoms with Crippen molar-refractivity contribution in [2.45, 2.75) is 37.8 Å². The first-order valence-corrected chi connectivity index (χ1v) is 7.32. The highest BCUT2D eigenvalue weighted by Gasteiger charge is 2.38. The average molecular weight is 266 g/mol. The van der Waals surface area contributed by atoms with E-state index < -0.39 is 0 Å². The molecular weight excluding hydrogens is 244 g/mol. The molecule has 3 heterocycles. The molecule has 0 bridgehead atoms. The molecule has 0 spiro atoms. The van der Waals surface area contributed by atoms with Gasteiger partial charge < -0.3 is 20.4 Å². The van der Waals surface area contributed by atoms with Gasteiger partial charge in [-0.2, -0.15) is 0 Å². The predicted octanol–water partition coefficient (Wildman–Crippen LogP) is -0.245. The molecule has 0 aromatic carbocycles. The molecule has 3 aliphatic rings. The highest BCUT2D eigenvalue weighted by molar-refractivity contribution is 5.83. The number of rotatable bonds is 1. The van der Waals surface area contributed by atoms with E-state index in [4.69, 9.17) is 0 Å². The average Bonchev–Trinajstić information content (AvgIpc) is 2.67. The fraction of sp³-hybridized carbons (Fsp3) is 0.846. The molecule has 0 saturated carbocycles. The van der Waals surface area contributed by atoms with E-state index in [-0.39, 0.29) is 24.0 Å². The summed E-state index contributed by atoms with van der Waals surface area (Å²) in [5, 5.41) is 6.20. The van der Waals surface area contributed by atoms with Crippen LogP contribution in [-0.4, -0.2) is 66.5 Å². The van der Waals surface area contributed by atoms with E-state index in [1.807, 2.05) is 9.80 Å². The molecule has 0 radical (unpaired) electrons. The van der Waals surface area contributed by atoms with Crippen molar-refractivity contribution < 1.29 is 9.59 Å². The number of carbonyl (C=O) groups excluding carboxylic acids is 2. The van der Waals surface area contributed by atoms with Crippen LogP contribution in [0.3, 0.4) is 0 Å². The summed E-state index contributed by atoms with van der Waals surface area (Å²) in [5.41, 5.74) is 0. The van der Waals surface area contributed by atoms with Gasteiger partial charge >= 0.3 is 6.03 Å². The van der Waals surface area contributed by atoms with Crippen LogP contribution in [0.5, 0.6) is 0 Å². The molecule has 6 nitrogen and oxygen atoms in total. The van der Waals surface area contributed by atoms with Crippen molar-refractivity contribution in [1.82, 2.24) is 20.4 Å².